The van der Waals surface area contributed by atoms with Crippen molar-refractivity contribution in [2.45, 2.75) is 38.1 Å². The molecule has 0 spiro atoms. The van der Waals surface area contributed by atoms with Gasteiger partial charge in [-0.25, -0.2) is 8.42 Å². The van der Waals surface area contributed by atoms with Gasteiger partial charge in [-0.15, -0.1) is 0 Å². The molecule has 1 atom stereocenters. The van der Waals surface area contributed by atoms with Crippen molar-refractivity contribution in [3.05, 3.63) is 28.8 Å². The average Bonchev–Trinajstić information content (AvgIpc) is 2.35. The van der Waals surface area contributed by atoms with Crippen molar-refractivity contribution in [3.63, 3.8) is 0 Å². The van der Waals surface area contributed by atoms with Gasteiger partial charge in [0.1, 0.15) is 4.90 Å². The first-order valence-electron chi connectivity index (χ1n) is 6.67. The van der Waals surface area contributed by atoms with Crippen LogP contribution in [-0.2, 0) is 10.0 Å². The molecule has 0 aromatic heterocycles. The molecule has 1 aliphatic rings. The Kier molecular flexibility index (Phi) is 4.17. The van der Waals surface area contributed by atoms with Gasteiger partial charge in [-0.05, 0) is 30.4 Å². The van der Waals surface area contributed by atoms with Gasteiger partial charge in [0.05, 0.1) is 5.02 Å². The number of piperidine rings is 1. The van der Waals surface area contributed by atoms with Crippen LogP contribution in [0.15, 0.2) is 23.1 Å². The molecule has 1 heterocycles. The van der Waals surface area contributed by atoms with Gasteiger partial charge in [0.15, 0.2) is 0 Å². The molecule has 1 aliphatic heterocycles. The second-order valence-corrected chi connectivity index (χ2v) is 8.39. The van der Waals surface area contributed by atoms with E-state index < -0.39 is 10.0 Å². The standard InChI is InChI=1S/C14H21ClN2O2S/c1-10-5-4-6-11(13(10)15)20(18,19)17-8-7-12(16)14(2,3)9-17/h4-6,12H,7-9,16H2,1-3H3. The van der Waals surface area contributed by atoms with Crippen molar-refractivity contribution in [1.82, 2.24) is 4.31 Å². The van der Waals surface area contributed by atoms with Crippen LogP contribution in [0.1, 0.15) is 25.8 Å². The Morgan fingerprint density at radius 3 is 2.65 bits per heavy atom. The van der Waals surface area contributed by atoms with Crippen molar-refractivity contribution < 1.29 is 8.42 Å². The normalized spacial score (nSPS) is 23.8. The van der Waals surface area contributed by atoms with Gasteiger partial charge >= 0.3 is 0 Å². The minimum atomic E-state index is -3.56. The fourth-order valence-electron chi connectivity index (χ4n) is 2.49. The molecular weight excluding hydrogens is 296 g/mol. The molecule has 20 heavy (non-hydrogen) atoms. The quantitative estimate of drug-likeness (QED) is 0.911. The van der Waals surface area contributed by atoms with E-state index in [0.717, 1.165) is 5.56 Å². The number of aryl methyl sites for hydroxylation is 1. The lowest BCUT2D eigenvalue weighted by molar-refractivity contribution is 0.155. The maximum absolute atomic E-state index is 12.8. The van der Waals surface area contributed by atoms with Gasteiger partial charge in [-0.1, -0.05) is 37.6 Å². The van der Waals surface area contributed by atoms with Crippen LogP contribution in [0.2, 0.25) is 5.02 Å². The van der Waals surface area contributed by atoms with Crippen LogP contribution in [0.3, 0.4) is 0 Å². The molecule has 6 heteroatoms. The maximum Gasteiger partial charge on any atom is 0.244 e. The highest BCUT2D eigenvalue weighted by atomic mass is 35.5. The van der Waals surface area contributed by atoms with E-state index in [2.05, 4.69) is 0 Å². The molecule has 0 aliphatic carbocycles. The smallest absolute Gasteiger partial charge is 0.244 e. The van der Waals surface area contributed by atoms with E-state index in [-0.39, 0.29) is 16.4 Å². The summed E-state index contributed by atoms with van der Waals surface area (Å²) >= 11 is 6.17. The number of hydrogen-bond donors (Lipinski definition) is 1. The summed E-state index contributed by atoms with van der Waals surface area (Å²) in [5.74, 6) is 0. The summed E-state index contributed by atoms with van der Waals surface area (Å²) in [6.45, 7) is 6.66. The van der Waals surface area contributed by atoms with Gasteiger partial charge in [0, 0.05) is 19.1 Å². The zero-order valence-corrected chi connectivity index (χ0v) is 13.6. The van der Waals surface area contributed by atoms with Crippen molar-refractivity contribution in [3.8, 4) is 0 Å². The molecule has 1 fully saturated rings. The highest BCUT2D eigenvalue weighted by molar-refractivity contribution is 7.89. The number of nitrogens with zero attached hydrogens (tertiary/aromatic N) is 1. The topological polar surface area (TPSA) is 63.4 Å². The van der Waals surface area contributed by atoms with E-state index in [1.54, 1.807) is 25.1 Å². The lowest BCUT2D eigenvalue weighted by Crippen LogP contribution is -2.53. The number of benzene rings is 1. The Hall–Kier alpha value is -0.620. The highest BCUT2D eigenvalue weighted by Crippen LogP contribution is 2.33. The molecule has 2 N–H and O–H groups in total. The summed E-state index contributed by atoms with van der Waals surface area (Å²) in [7, 11) is -3.56. The Balaban J connectivity index is 2.39. The van der Waals surface area contributed by atoms with E-state index in [1.807, 2.05) is 13.8 Å². The zero-order valence-electron chi connectivity index (χ0n) is 12.1. The Morgan fingerprint density at radius 1 is 1.40 bits per heavy atom. The van der Waals surface area contributed by atoms with E-state index in [0.29, 0.717) is 24.5 Å². The van der Waals surface area contributed by atoms with Gasteiger partial charge < -0.3 is 5.73 Å². The third-order valence-electron chi connectivity index (χ3n) is 4.05. The van der Waals surface area contributed by atoms with E-state index >= 15 is 0 Å². The molecule has 0 radical (unpaired) electrons. The summed E-state index contributed by atoms with van der Waals surface area (Å²) in [6, 6.07) is 5.10. The van der Waals surface area contributed by atoms with Crippen molar-refractivity contribution in [1.29, 1.82) is 0 Å². The zero-order chi connectivity index (χ0) is 15.1. The SMILES string of the molecule is Cc1cccc(S(=O)(=O)N2CCC(N)C(C)(C)C2)c1Cl. The van der Waals surface area contributed by atoms with Gasteiger partial charge in [0.2, 0.25) is 10.0 Å². The number of hydrogen-bond acceptors (Lipinski definition) is 3. The second-order valence-electron chi connectivity index (χ2n) is 6.11. The lowest BCUT2D eigenvalue weighted by Gasteiger charge is -2.41. The number of rotatable bonds is 2. The van der Waals surface area contributed by atoms with Crippen LogP contribution in [0.4, 0.5) is 0 Å². The van der Waals surface area contributed by atoms with Gasteiger partial charge in [-0.3, -0.25) is 0 Å². The minimum absolute atomic E-state index is 0.0157. The average molecular weight is 317 g/mol. The molecule has 112 valence electrons. The monoisotopic (exact) mass is 316 g/mol. The molecule has 1 aromatic rings. The highest BCUT2D eigenvalue weighted by Gasteiger charge is 2.39. The third-order valence-corrected chi connectivity index (χ3v) is 6.55. The minimum Gasteiger partial charge on any atom is -0.327 e. The molecule has 1 unspecified atom stereocenters. The van der Waals surface area contributed by atoms with E-state index in [1.165, 1.54) is 4.31 Å². The first kappa shape index (κ1) is 15.8. The van der Waals surface area contributed by atoms with Crippen LogP contribution >= 0.6 is 11.6 Å². The summed E-state index contributed by atoms with van der Waals surface area (Å²) in [5, 5.41) is 0.306. The van der Waals surface area contributed by atoms with Crippen LogP contribution in [-0.4, -0.2) is 31.9 Å². The van der Waals surface area contributed by atoms with Gasteiger partial charge in [-0.2, -0.15) is 4.31 Å². The van der Waals surface area contributed by atoms with Crippen LogP contribution in [0, 0.1) is 12.3 Å². The molecule has 0 amide bonds. The molecular formula is C14H21ClN2O2S. The van der Waals surface area contributed by atoms with Crippen molar-refractivity contribution in [2.24, 2.45) is 11.1 Å². The van der Waals surface area contributed by atoms with Crippen molar-refractivity contribution in [2.75, 3.05) is 13.1 Å². The molecule has 0 bridgehead atoms. The van der Waals surface area contributed by atoms with Crippen LogP contribution in [0.25, 0.3) is 0 Å². The van der Waals surface area contributed by atoms with Gasteiger partial charge in [0.25, 0.3) is 0 Å². The largest absolute Gasteiger partial charge is 0.327 e. The molecule has 2 rings (SSSR count). The fraction of sp³-hybridized carbons (Fsp3) is 0.571. The Labute approximate surface area is 126 Å². The molecule has 4 nitrogen and oxygen atoms in total. The predicted octanol–water partition coefficient (Wildman–Crippen LogP) is 2.40. The molecule has 1 aromatic carbocycles. The first-order valence-corrected chi connectivity index (χ1v) is 8.49. The third kappa shape index (κ3) is 2.72. The number of halogens is 1. The van der Waals surface area contributed by atoms with Crippen LogP contribution in [0.5, 0.6) is 0 Å². The Bertz CT molecular complexity index is 614. The van der Waals surface area contributed by atoms with E-state index in [4.69, 9.17) is 17.3 Å². The summed E-state index contributed by atoms with van der Waals surface area (Å²) in [4.78, 5) is 0.186. The fourth-order valence-corrected chi connectivity index (χ4v) is 4.67. The lowest BCUT2D eigenvalue weighted by atomic mass is 9.81. The second kappa shape index (κ2) is 5.30. The molecule has 0 saturated carbocycles. The maximum atomic E-state index is 12.8. The summed E-state index contributed by atoms with van der Waals surface area (Å²) in [5.41, 5.74) is 6.59. The Morgan fingerprint density at radius 2 is 2.05 bits per heavy atom. The summed E-state index contributed by atoms with van der Waals surface area (Å²) < 4.78 is 27.0. The number of sulfonamides is 1. The number of nitrogens with two attached hydrogens (primary N) is 1. The van der Waals surface area contributed by atoms with Crippen LogP contribution < -0.4 is 5.73 Å². The summed E-state index contributed by atoms with van der Waals surface area (Å²) in [6.07, 6.45) is 0.662. The molecule has 1 saturated heterocycles. The first-order chi connectivity index (χ1) is 9.16. The van der Waals surface area contributed by atoms with E-state index in [9.17, 15) is 8.42 Å². The van der Waals surface area contributed by atoms with Crippen molar-refractivity contribution >= 4 is 21.6 Å². The predicted molar refractivity (Wildman–Crippen MR) is 81.3 cm³/mol.